The van der Waals surface area contributed by atoms with Crippen LogP contribution in [-0.2, 0) is 9.59 Å². The monoisotopic (exact) mass is 271 g/mol. The van der Waals surface area contributed by atoms with E-state index in [0.717, 1.165) is 12.8 Å². The minimum Gasteiger partial charge on any atom is -0.481 e. The Bertz CT molecular complexity index is 364. The van der Waals surface area contributed by atoms with Crippen molar-refractivity contribution in [3.05, 3.63) is 0 Å². The first-order valence-corrected chi connectivity index (χ1v) is 6.34. The molecule has 108 valence electrons. The lowest BCUT2D eigenvalue weighted by atomic mass is 9.86. The molecule has 1 aliphatic rings. The van der Waals surface area contributed by atoms with Crippen molar-refractivity contribution in [1.82, 2.24) is 15.5 Å². The van der Waals surface area contributed by atoms with Gasteiger partial charge < -0.3 is 20.6 Å². The van der Waals surface area contributed by atoms with E-state index in [1.54, 1.807) is 0 Å². The maximum absolute atomic E-state index is 11.8. The Morgan fingerprint density at radius 3 is 2.32 bits per heavy atom. The Labute approximate surface area is 112 Å². The molecule has 1 rings (SSSR count). The van der Waals surface area contributed by atoms with Gasteiger partial charge in [0.05, 0.1) is 5.41 Å². The van der Waals surface area contributed by atoms with Crippen molar-refractivity contribution < 1.29 is 19.5 Å². The summed E-state index contributed by atoms with van der Waals surface area (Å²) in [6.07, 6.45) is 2.91. The topological polar surface area (TPSA) is 98.7 Å². The van der Waals surface area contributed by atoms with Crippen molar-refractivity contribution in [2.75, 3.05) is 27.2 Å². The molecule has 0 bridgehead atoms. The van der Waals surface area contributed by atoms with Gasteiger partial charge in [0.1, 0.15) is 6.54 Å². The summed E-state index contributed by atoms with van der Waals surface area (Å²) in [7, 11) is 2.98. The normalized spacial score (nSPS) is 16.7. The lowest BCUT2D eigenvalue weighted by Crippen LogP contribution is -2.47. The van der Waals surface area contributed by atoms with Gasteiger partial charge in [0.25, 0.3) is 0 Å². The van der Waals surface area contributed by atoms with E-state index < -0.39 is 17.4 Å². The number of urea groups is 1. The predicted molar refractivity (Wildman–Crippen MR) is 68.6 cm³/mol. The van der Waals surface area contributed by atoms with Gasteiger partial charge in [-0.05, 0) is 12.8 Å². The number of rotatable bonds is 5. The minimum absolute atomic E-state index is 0.0532. The molecule has 0 aromatic carbocycles. The van der Waals surface area contributed by atoms with E-state index in [-0.39, 0.29) is 19.0 Å². The number of carboxylic acid groups (broad SMARTS) is 1. The van der Waals surface area contributed by atoms with Crippen LogP contribution in [0.1, 0.15) is 25.7 Å². The second kappa shape index (κ2) is 6.40. The molecule has 0 aliphatic heterocycles. The number of carbonyl (C=O) groups excluding carboxylic acids is 2. The van der Waals surface area contributed by atoms with Gasteiger partial charge >= 0.3 is 12.0 Å². The van der Waals surface area contributed by atoms with E-state index in [1.807, 2.05) is 0 Å². The molecule has 3 N–H and O–H groups in total. The summed E-state index contributed by atoms with van der Waals surface area (Å²) in [6, 6.07) is -0.434. The van der Waals surface area contributed by atoms with E-state index in [0.29, 0.717) is 12.8 Å². The molecule has 1 aliphatic carbocycles. The Morgan fingerprint density at radius 2 is 1.84 bits per heavy atom. The summed E-state index contributed by atoms with van der Waals surface area (Å²) in [4.78, 5) is 35.4. The highest BCUT2D eigenvalue weighted by molar-refractivity contribution is 5.84. The number of likely N-dealkylation sites (N-methyl/N-ethyl adjacent to an activating group) is 2. The molecule has 1 saturated carbocycles. The maximum Gasteiger partial charge on any atom is 0.317 e. The van der Waals surface area contributed by atoms with E-state index >= 15 is 0 Å². The van der Waals surface area contributed by atoms with Gasteiger partial charge in [0.15, 0.2) is 0 Å². The van der Waals surface area contributed by atoms with Crippen molar-refractivity contribution in [1.29, 1.82) is 0 Å². The molecule has 0 spiro atoms. The molecule has 0 radical (unpaired) electrons. The molecule has 7 nitrogen and oxygen atoms in total. The highest BCUT2D eigenvalue weighted by Gasteiger charge is 2.41. The van der Waals surface area contributed by atoms with Gasteiger partial charge in [-0.1, -0.05) is 12.8 Å². The molecule has 0 unspecified atom stereocenters. The molecular formula is C12H21N3O4. The van der Waals surface area contributed by atoms with E-state index in [9.17, 15) is 19.5 Å². The zero-order valence-electron chi connectivity index (χ0n) is 11.4. The van der Waals surface area contributed by atoms with E-state index in [4.69, 9.17) is 0 Å². The summed E-state index contributed by atoms with van der Waals surface area (Å²) in [5, 5.41) is 14.3. The van der Waals surface area contributed by atoms with Gasteiger partial charge in [0, 0.05) is 20.6 Å². The Morgan fingerprint density at radius 1 is 1.26 bits per heavy atom. The minimum atomic E-state index is -0.862. The fourth-order valence-electron chi connectivity index (χ4n) is 2.26. The van der Waals surface area contributed by atoms with Gasteiger partial charge in [0.2, 0.25) is 5.91 Å². The number of hydrogen-bond acceptors (Lipinski definition) is 3. The molecule has 0 heterocycles. The third kappa shape index (κ3) is 3.84. The van der Waals surface area contributed by atoms with E-state index in [2.05, 4.69) is 10.6 Å². The lowest BCUT2D eigenvalue weighted by Gasteiger charge is -2.25. The highest BCUT2D eigenvalue weighted by atomic mass is 16.4. The van der Waals surface area contributed by atoms with Crippen molar-refractivity contribution in [2.45, 2.75) is 25.7 Å². The average molecular weight is 271 g/mol. The molecule has 0 aromatic heterocycles. The van der Waals surface area contributed by atoms with Crippen LogP contribution in [0.5, 0.6) is 0 Å². The number of amides is 3. The summed E-state index contributed by atoms with van der Waals surface area (Å²) >= 11 is 0. The summed E-state index contributed by atoms with van der Waals surface area (Å²) < 4.78 is 0. The van der Waals surface area contributed by atoms with Crippen molar-refractivity contribution in [3.63, 3.8) is 0 Å². The van der Waals surface area contributed by atoms with Crippen LogP contribution in [0.25, 0.3) is 0 Å². The zero-order valence-corrected chi connectivity index (χ0v) is 11.4. The van der Waals surface area contributed by atoms with Crippen LogP contribution < -0.4 is 10.6 Å². The molecule has 19 heavy (non-hydrogen) atoms. The van der Waals surface area contributed by atoms with Gasteiger partial charge in [-0.2, -0.15) is 0 Å². The molecular weight excluding hydrogens is 250 g/mol. The van der Waals surface area contributed by atoms with Crippen LogP contribution in [0.3, 0.4) is 0 Å². The first kappa shape index (κ1) is 15.3. The molecule has 0 aromatic rings. The molecule has 0 atom stereocenters. The third-order valence-corrected chi connectivity index (χ3v) is 3.60. The van der Waals surface area contributed by atoms with Crippen molar-refractivity contribution >= 4 is 17.9 Å². The Balaban J connectivity index is 2.48. The predicted octanol–water partition coefficient (Wildman–Crippen LogP) is 0.0188. The molecule has 3 amide bonds. The largest absolute Gasteiger partial charge is 0.481 e. The summed E-state index contributed by atoms with van der Waals surface area (Å²) in [5.74, 6) is -1.13. The van der Waals surface area contributed by atoms with Crippen molar-refractivity contribution in [3.8, 4) is 0 Å². The smallest absolute Gasteiger partial charge is 0.317 e. The summed E-state index contributed by atoms with van der Waals surface area (Å²) in [6.45, 7) is 0.0572. The maximum atomic E-state index is 11.8. The van der Waals surface area contributed by atoms with Crippen LogP contribution in [0.2, 0.25) is 0 Å². The number of aliphatic carboxylic acids is 1. The van der Waals surface area contributed by atoms with Crippen LogP contribution in [-0.4, -0.2) is 55.1 Å². The fraction of sp³-hybridized carbons (Fsp3) is 0.750. The van der Waals surface area contributed by atoms with Gasteiger partial charge in [-0.15, -0.1) is 0 Å². The molecule has 0 saturated heterocycles. The quantitative estimate of drug-likeness (QED) is 0.656. The van der Waals surface area contributed by atoms with E-state index in [1.165, 1.54) is 19.0 Å². The lowest BCUT2D eigenvalue weighted by molar-refractivity contribution is -0.148. The van der Waals surface area contributed by atoms with Gasteiger partial charge in [-0.3, -0.25) is 9.59 Å². The van der Waals surface area contributed by atoms with Crippen LogP contribution in [0.15, 0.2) is 0 Å². The molecule has 1 fully saturated rings. The Hall–Kier alpha value is -1.79. The summed E-state index contributed by atoms with van der Waals surface area (Å²) in [5.41, 5.74) is -0.844. The van der Waals surface area contributed by atoms with Crippen LogP contribution >= 0.6 is 0 Å². The second-order valence-electron chi connectivity index (χ2n) is 4.98. The third-order valence-electron chi connectivity index (χ3n) is 3.60. The zero-order chi connectivity index (χ0) is 14.5. The Kier molecular flexibility index (Phi) is 5.14. The highest BCUT2D eigenvalue weighted by Crippen LogP contribution is 2.37. The van der Waals surface area contributed by atoms with Gasteiger partial charge in [-0.25, -0.2) is 4.79 Å². The van der Waals surface area contributed by atoms with Crippen molar-refractivity contribution in [2.24, 2.45) is 5.41 Å². The standard InChI is InChI=1S/C12H21N3O4/c1-13-9(16)7-15(2)11(19)14-8-12(10(17)18)5-3-4-6-12/h3-8H2,1-2H3,(H,13,16)(H,14,19)(H,17,18). The number of nitrogens with one attached hydrogen (secondary N) is 2. The first-order chi connectivity index (χ1) is 8.91. The fourth-order valence-corrected chi connectivity index (χ4v) is 2.26. The number of carbonyl (C=O) groups is 3. The number of carboxylic acids is 1. The second-order valence-corrected chi connectivity index (χ2v) is 4.98. The molecule has 7 heteroatoms. The number of hydrogen-bond donors (Lipinski definition) is 3. The SMILES string of the molecule is CNC(=O)CN(C)C(=O)NCC1(C(=O)O)CCCC1. The van der Waals surface area contributed by atoms with Crippen LogP contribution in [0.4, 0.5) is 4.79 Å². The average Bonchev–Trinajstić information content (AvgIpc) is 2.85. The van der Waals surface area contributed by atoms with Crippen LogP contribution in [0, 0.1) is 5.41 Å². The first-order valence-electron chi connectivity index (χ1n) is 6.34. The number of nitrogens with zero attached hydrogens (tertiary/aromatic N) is 1.